The van der Waals surface area contributed by atoms with Crippen LogP contribution in [0.5, 0.6) is 0 Å². The van der Waals surface area contributed by atoms with Gasteiger partial charge in [-0.2, -0.15) is 0 Å². The van der Waals surface area contributed by atoms with Crippen molar-refractivity contribution in [3.8, 4) is 0 Å². The molecule has 2 N–H and O–H groups in total. The Labute approximate surface area is 220 Å². The summed E-state index contributed by atoms with van der Waals surface area (Å²) < 4.78 is 17.7. The number of hydrogen-bond acceptors (Lipinski definition) is 5. The van der Waals surface area contributed by atoms with Crippen LogP contribution in [0, 0.1) is 0 Å². The Morgan fingerprint density at radius 3 is 2.24 bits per heavy atom. The number of nitrogens with zero attached hydrogens (tertiary/aromatic N) is 1. The highest BCUT2D eigenvalue weighted by Gasteiger charge is 2.32. The Hall–Kier alpha value is -1.54. The number of halogens is 3. The molecule has 6 nitrogen and oxygen atoms in total. The summed E-state index contributed by atoms with van der Waals surface area (Å²) in [7, 11) is 0. The van der Waals surface area contributed by atoms with Gasteiger partial charge in [0.2, 0.25) is 6.73 Å². The Balaban J connectivity index is 0.00000289. The van der Waals surface area contributed by atoms with E-state index < -0.39 is 6.16 Å². The normalized spacial score (nSPS) is 15.4. The van der Waals surface area contributed by atoms with Crippen molar-refractivity contribution >= 4 is 30.2 Å². The van der Waals surface area contributed by atoms with E-state index in [9.17, 15) is 4.79 Å². The van der Waals surface area contributed by atoms with Crippen molar-refractivity contribution in [2.45, 2.75) is 31.8 Å². The van der Waals surface area contributed by atoms with Gasteiger partial charge in [0.25, 0.3) is 0 Å². The highest BCUT2D eigenvalue weighted by atomic mass is 35.5. The minimum atomic E-state index is -0.620. The molecule has 3 rings (SSSR count). The quantitative estimate of drug-likeness (QED) is 0.273. The number of quaternary nitrogens is 1. The molecule has 0 aliphatic carbocycles. The Kier molecular flexibility index (Phi) is 14.5. The van der Waals surface area contributed by atoms with Crippen LogP contribution in [0.4, 0.5) is 4.79 Å². The van der Waals surface area contributed by atoms with Crippen LogP contribution in [0.2, 0.25) is 5.02 Å². The molecule has 1 heterocycles. The molecule has 0 radical (unpaired) electrons. The van der Waals surface area contributed by atoms with Crippen LogP contribution in [0.1, 0.15) is 42.9 Å². The minimum absolute atomic E-state index is 0. The second kappa shape index (κ2) is 16.2. The first-order chi connectivity index (χ1) is 15.6. The van der Waals surface area contributed by atoms with Crippen molar-refractivity contribution in [1.29, 1.82) is 0 Å². The highest BCUT2D eigenvalue weighted by molar-refractivity contribution is 6.30. The Morgan fingerprint density at radius 1 is 0.941 bits per heavy atom. The third-order valence-corrected chi connectivity index (χ3v) is 6.17. The maximum absolute atomic E-state index is 11.9. The van der Waals surface area contributed by atoms with Crippen LogP contribution in [-0.4, -0.2) is 56.8 Å². The molecule has 0 bridgehead atoms. The average molecular weight is 534 g/mol. The summed E-state index contributed by atoms with van der Waals surface area (Å²) in [6, 6.07) is 18.0. The van der Waals surface area contributed by atoms with E-state index in [1.54, 1.807) is 0 Å². The standard InChI is InChI=1S/C25H34ClN2O4.2ClH/c26-23-12-10-22(11-13-23)24(21-8-3-1-4-9-21)30-19-17-28(15-5-2-6-16-28)20-32-25(29)31-18-7-14-27;;/h1,3-4,8-13,24H,2,5-7,14-20,27H2;2*1H/q+1;;/p-1. The van der Waals surface area contributed by atoms with Gasteiger partial charge in [0.1, 0.15) is 12.6 Å². The summed E-state index contributed by atoms with van der Waals surface area (Å²) in [5.41, 5.74) is 7.60. The fourth-order valence-corrected chi connectivity index (χ4v) is 4.21. The number of carbonyl (C=O) groups is 1. The van der Waals surface area contributed by atoms with Crippen molar-refractivity contribution in [3.05, 3.63) is 70.7 Å². The van der Waals surface area contributed by atoms with E-state index in [1.165, 1.54) is 6.42 Å². The summed E-state index contributed by atoms with van der Waals surface area (Å²) in [6.07, 6.45) is 3.27. The lowest BCUT2D eigenvalue weighted by Crippen LogP contribution is -3.00. The predicted octanol–water partition coefficient (Wildman–Crippen LogP) is 2.33. The van der Waals surface area contributed by atoms with Crippen molar-refractivity contribution in [3.63, 3.8) is 0 Å². The van der Waals surface area contributed by atoms with Gasteiger partial charge in [0.05, 0.1) is 26.3 Å². The number of benzene rings is 2. The van der Waals surface area contributed by atoms with Crippen molar-refractivity contribution < 1.29 is 35.9 Å². The molecule has 1 saturated heterocycles. The lowest BCUT2D eigenvalue weighted by molar-refractivity contribution is -0.948. The molecule has 0 saturated carbocycles. The number of nitrogens with two attached hydrogens (primary N) is 1. The fourth-order valence-electron chi connectivity index (χ4n) is 4.08. The van der Waals surface area contributed by atoms with Crippen molar-refractivity contribution in [2.24, 2.45) is 5.73 Å². The first kappa shape index (κ1) is 30.5. The van der Waals surface area contributed by atoms with Crippen LogP contribution in [0.25, 0.3) is 0 Å². The largest absolute Gasteiger partial charge is 1.00 e. The lowest BCUT2D eigenvalue weighted by Gasteiger charge is -2.40. The van der Waals surface area contributed by atoms with Crippen molar-refractivity contribution in [1.82, 2.24) is 0 Å². The van der Waals surface area contributed by atoms with E-state index in [2.05, 4.69) is 12.1 Å². The predicted molar refractivity (Wildman–Crippen MR) is 133 cm³/mol. The second-order valence-electron chi connectivity index (χ2n) is 8.30. The lowest BCUT2D eigenvalue weighted by atomic mass is 10.0. The van der Waals surface area contributed by atoms with Gasteiger partial charge in [0, 0.05) is 5.02 Å². The summed E-state index contributed by atoms with van der Waals surface area (Å²) >= 11 is 6.09. The number of hydrogen-bond donors (Lipinski definition) is 1. The minimum Gasteiger partial charge on any atom is -1.00 e. The molecule has 1 aliphatic heterocycles. The molecular weight excluding hydrogens is 499 g/mol. The molecule has 2 aromatic carbocycles. The van der Waals surface area contributed by atoms with Crippen LogP contribution in [-0.2, 0) is 14.2 Å². The van der Waals surface area contributed by atoms with Crippen LogP contribution < -0.4 is 18.1 Å². The molecule has 0 aromatic heterocycles. The van der Waals surface area contributed by atoms with E-state index in [1.807, 2.05) is 42.5 Å². The summed E-state index contributed by atoms with van der Waals surface area (Å²) in [5, 5.41) is 0.703. The fraction of sp³-hybridized carbons (Fsp3) is 0.480. The number of likely N-dealkylation sites (tertiary alicyclic amines) is 1. The van der Waals surface area contributed by atoms with E-state index in [0.717, 1.165) is 43.6 Å². The molecular formula is C25H35Cl3N2O4. The maximum Gasteiger partial charge on any atom is 0.512 e. The van der Waals surface area contributed by atoms with Crippen molar-refractivity contribution in [2.75, 3.05) is 46.1 Å². The molecule has 0 spiro atoms. The Morgan fingerprint density at radius 2 is 1.59 bits per heavy atom. The third kappa shape index (κ3) is 9.61. The number of ether oxygens (including phenoxy) is 3. The monoisotopic (exact) mass is 532 g/mol. The maximum atomic E-state index is 11.9. The smallest absolute Gasteiger partial charge is 0.512 e. The molecule has 2 aromatic rings. The van der Waals surface area contributed by atoms with Crippen LogP contribution >= 0.6 is 24.0 Å². The third-order valence-electron chi connectivity index (χ3n) is 5.91. The molecule has 1 atom stereocenters. The molecule has 1 unspecified atom stereocenters. The van der Waals surface area contributed by atoms with E-state index in [-0.39, 0.29) is 37.5 Å². The number of rotatable bonds is 11. The first-order valence-electron chi connectivity index (χ1n) is 11.4. The first-order valence-corrected chi connectivity index (χ1v) is 11.8. The van der Waals surface area contributed by atoms with Gasteiger partial charge < -0.3 is 32.4 Å². The zero-order valence-electron chi connectivity index (χ0n) is 19.4. The van der Waals surface area contributed by atoms with Gasteiger partial charge in [-0.3, -0.25) is 4.48 Å². The molecule has 1 aliphatic rings. The van der Waals surface area contributed by atoms with Gasteiger partial charge in [-0.1, -0.05) is 54.1 Å². The van der Waals surface area contributed by atoms with Gasteiger partial charge >= 0.3 is 6.16 Å². The zero-order valence-corrected chi connectivity index (χ0v) is 21.7. The molecule has 34 heavy (non-hydrogen) atoms. The molecule has 1 fully saturated rings. The molecule has 9 heteroatoms. The molecule has 0 amide bonds. The molecule has 190 valence electrons. The van der Waals surface area contributed by atoms with E-state index >= 15 is 0 Å². The topological polar surface area (TPSA) is 70.8 Å². The number of carbonyl (C=O) groups excluding carboxylic acids is 1. The van der Waals surface area contributed by atoms with Crippen LogP contribution in [0.3, 0.4) is 0 Å². The summed E-state index contributed by atoms with van der Waals surface area (Å²) in [5.74, 6) is 0. The van der Waals surface area contributed by atoms with E-state index in [4.69, 9.17) is 31.5 Å². The van der Waals surface area contributed by atoms with Crippen LogP contribution in [0.15, 0.2) is 54.6 Å². The average Bonchev–Trinajstić information content (AvgIpc) is 2.83. The van der Waals surface area contributed by atoms with Gasteiger partial charge in [-0.15, -0.1) is 12.4 Å². The Bertz CT molecular complexity index is 819. The van der Waals surface area contributed by atoms with Gasteiger partial charge in [0.15, 0.2) is 0 Å². The second-order valence-corrected chi connectivity index (χ2v) is 8.74. The van der Waals surface area contributed by atoms with Gasteiger partial charge in [-0.05, 0) is 55.5 Å². The zero-order chi connectivity index (χ0) is 22.7. The number of piperidine rings is 1. The SMILES string of the molecule is Cl.NCCCOC(=O)OC[N+]1(CCOC(c2ccccc2)c2ccc(Cl)cc2)CCCCC1.[Cl-]. The highest BCUT2D eigenvalue weighted by Crippen LogP contribution is 2.28. The van der Waals surface area contributed by atoms with Gasteiger partial charge in [-0.25, -0.2) is 4.79 Å². The summed E-state index contributed by atoms with van der Waals surface area (Å²) in [4.78, 5) is 11.9. The van der Waals surface area contributed by atoms with E-state index in [0.29, 0.717) is 35.8 Å². The summed E-state index contributed by atoms with van der Waals surface area (Å²) in [6.45, 7) is 4.34.